The second-order valence-electron chi connectivity index (χ2n) is 9.92. The van der Waals surface area contributed by atoms with E-state index < -0.39 is 17.0 Å². The van der Waals surface area contributed by atoms with E-state index in [2.05, 4.69) is 0 Å². The van der Waals surface area contributed by atoms with Crippen molar-refractivity contribution in [2.45, 2.75) is 12.0 Å². The first-order valence-electron chi connectivity index (χ1n) is 12.6. The van der Waals surface area contributed by atoms with E-state index in [9.17, 15) is 4.79 Å². The van der Waals surface area contributed by atoms with Gasteiger partial charge >= 0.3 is 5.97 Å². The molecule has 0 saturated carbocycles. The number of halogens is 2. The van der Waals surface area contributed by atoms with E-state index in [0.29, 0.717) is 45.3 Å². The number of carbonyl (C=O) groups excluding carboxylic acids is 1. The Hall–Kier alpha value is -4.97. The van der Waals surface area contributed by atoms with Crippen molar-refractivity contribution < 1.29 is 23.0 Å². The van der Waals surface area contributed by atoms with Crippen molar-refractivity contribution in [1.29, 1.82) is 0 Å². The van der Waals surface area contributed by atoms with Crippen LogP contribution >= 0.6 is 0 Å². The highest BCUT2D eigenvalue weighted by Gasteiger charge is 2.51. The summed E-state index contributed by atoms with van der Waals surface area (Å²) in [4.78, 5) is 14.4. The maximum atomic E-state index is 15.2. The third kappa shape index (κ3) is 2.88. The van der Waals surface area contributed by atoms with E-state index in [0.717, 1.165) is 16.7 Å². The van der Waals surface area contributed by atoms with Gasteiger partial charge in [-0.3, -0.25) is 0 Å². The summed E-state index contributed by atoms with van der Waals surface area (Å²) >= 11 is 0. The highest BCUT2D eigenvalue weighted by Crippen LogP contribution is 2.62. The number of hydrogen-bond acceptors (Lipinski definition) is 4. The maximum absolute atomic E-state index is 15.2. The lowest BCUT2D eigenvalue weighted by atomic mass is 9.61. The number of esters is 1. The number of rotatable bonds is 1. The molecule has 0 aliphatic carbocycles. The molecule has 3 heterocycles. The molecule has 0 amide bonds. The van der Waals surface area contributed by atoms with Crippen molar-refractivity contribution >= 4 is 23.0 Å². The van der Waals surface area contributed by atoms with Crippen molar-refractivity contribution in [3.8, 4) is 11.5 Å². The Bertz CT molecular complexity index is 1760. The molecule has 0 aromatic heterocycles. The first-order valence-corrected chi connectivity index (χ1v) is 12.6. The first kappa shape index (κ1) is 22.1. The van der Waals surface area contributed by atoms with Gasteiger partial charge in [-0.05, 0) is 71.8 Å². The third-order valence-electron chi connectivity index (χ3n) is 7.94. The number of anilines is 3. The van der Waals surface area contributed by atoms with E-state index in [1.807, 2.05) is 65.6 Å². The van der Waals surface area contributed by atoms with E-state index in [-0.39, 0.29) is 12.6 Å². The summed E-state index contributed by atoms with van der Waals surface area (Å²) < 4.78 is 42.0. The number of hydrogen-bond donors (Lipinski definition) is 0. The molecule has 5 aromatic rings. The molecule has 0 N–H and O–H groups in total. The van der Waals surface area contributed by atoms with Crippen molar-refractivity contribution in [1.82, 2.24) is 0 Å². The van der Waals surface area contributed by atoms with Gasteiger partial charge in [0.25, 0.3) is 0 Å². The second-order valence-corrected chi connectivity index (χ2v) is 9.92. The maximum Gasteiger partial charge on any atom is 0.338 e. The van der Waals surface area contributed by atoms with E-state index >= 15 is 8.78 Å². The average molecular weight is 516 g/mol. The van der Waals surface area contributed by atoms with Gasteiger partial charge in [-0.1, -0.05) is 42.5 Å². The third-order valence-corrected chi connectivity index (χ3v) is 7.94. The molecule has 8 rings (SSSR count). The van der Waals surface area contributed by atoms with Gasteiger partial charge in [0.15, 0.2) is 0 Å². The molecule has 3 aliphatic rings. The summed E-state index contributed by atoms with van der Waals surface area (Å²) in [6, 6.07) is 30.2. The number of ether oxygens (including phenoxy) is 2. The molecule has 188 valence electrons. The molecule has 0 saturated heterocycles. The summed E-state index contributed by atoms with van der Waals surface area (Å²) in [5.41, 5.74) is 5.23. The number of carbonyl (C=O) groups is 1. The van der Waals surface area contributed by atoms with Crippen LogP contribution in [0.4, 0.5) is 25.8 Å². The van der Waals surface area contributed by atoms with Crippen molar-refractivity contribution in [3.05, 3.63) is 148 Å². The molecule has 0 fully saturated rings. The minimum Gasteiger partial charge on any atom is -0.457 e. The van der Waals surface area contributed by atoms with Crippen LogP contribution in [0.25, 0.3) is 0 Å². The number of benzene rings is 5. The fourth-order valence-electron chi connectivity index (χ4n) is 6.38. The molecule has 0 bridgehead atoms. The largest absolute Gasteiger partial charge is 0.457 e. The van der Waals surface area contributed by atoms with Gasteiger partial charge in [0.05, 0.1) is 22.4 Å². The minimum absolute atomic E-state index is 0.231. The Morgan fingerprint density at radius 1 is 0.667 bits per heavy atom. The quantitative estimate of drug-likeness (QED) is 0.208. The Balaban J connectivity index is 1.52. The molecule has 0 unspecified atom stereocenters. The smallest absolute Gasteiger partial charge is 0.338 e. The van der Waals surface area contributed by atoms with E-state index in [4.69, 9.17) is 9.47 Å². The molecular formula is C33H19F2NO3. The predicted molar refractivity (Wildman–Crippen MR) is 142 cm³/mol. The van der Waals surface area contributed by atoms with Gasteiger partial charge in [0.2, 0.25) is 0 Å². The Kier molecular flexibility index (Phi) is 4.39. The van der Waals surface area contributed by atoms with Crippen LogP contribution in [-0.4, -0.2) is 5.97 Å². The number of para-hydroxylation sites is 2. The normalized spacial score (nSPS) is 15.4. The molecule has 5 aromatic carbocycles. The van der Waals surface area contributed by atoms with E-state index in [1.165, 1.54) is 24.3 Å². The second kappa shape index (κ2) is 7.77. The standard InChI is InChI=1S/C33H19F2NO3/c34-20-10-13-28-26(15-20)33(24-5-1-3-7-30(24)39-31-8-4-2-6-25(31)33)27-16-21(35)11-14-29(27)36(28)22-12-9-19-18-38-32(37)23(19)17-22/h1-17H,18H2. The van der Waals surface area contributed by atoms with Crippen molar-refractivity contribution in [2.24, 2.45) is 0 Å². The fourth-order valence-corrected chi connectivity index (χ4v) is 6.38. The molecule has 39 heavy (non-hydrogen) atoms. The highest BCUT2D eigenvalue weighted by atomic mass is 19.1. The lowest BCUT2D eigenvalue weighted by molar-refractivity contribution is 0.0535. The van der Waals surface area contributed by atoms with Crippen molar-refractivity contribution in [2.75, 3.05) is 4.90 Å². The number of fused-ring (bicyclic) bond motifs is 9. The fraction of sp³-hybridized carbons (Fsp3) is 0.0606. The van der Waals surface area contributed by atoms with Gasteiger partial charge in [0.1, 0.15) is 29.7 Å². The molecule has 1 spiro atoms. The Labute approximate surface area is 222 Å². The van der Waals surface area contributed by atoms with Crippen LogP contribution in [-0.2, 0) is 16.8 Å². The van der Waals surface area contributed by atoms with Crippen LogP contribution in [0.3, 0.4) is 0 Å². The Morgan fingerprint density at radius 3 is 1.87 bits per heavy atom. The molecular weight excluding hydrogens is 496 g/mol. The zero-order chi connectivity index (χ0) is 26.3. The van der Waals surface area contributed by atoms with Gasteiger partial charge < -0.3 is 14.4 Å². The lowest BCUT2D eigenvalue weighted by Gasteiger charge is -2.48. The summed E-state index contributed by atoms with van der Waals surface area (Å²) in [7, 11) is 0. The van der Waals surface area contributed by atoms with Crippen LogP contribution in [0, 0.1) is 11.6 Å². The lowest BCUT2D eigenvalue weighted by Crippen LogP contribution is -2.40. The van der Waals surface area contributed by atoms with Crippen molar-refractivity contribution in [3.63, 3.8) is 0 Å². The summed E-state index contributed by atoms with van der Waals surface area (Å²) in [5, 5.41) is 0. The highest BCUT2D eigenvalue weighted by molar-refractivity contribution is 5.97. The molecule has 0 radical (unpaired) electrons. The topological polar surface area (TPSA) is 38.8 Å². The molecule has 3 aliphatic heterocycles. The summed E-state index contributed by atoms with van der Waals surface area (Å²) in [6.07, 6.45) is 0. The Morgan fingerprint density at radius 2 is 1.26 bits per heavy atom. The van der Waals surface area contributed by atoms with E-state index in [1.54, 1.807) is 18.2 Å². The zero-order valence-electron chi connectivity index (χ0n) is 20.4. The molecule has 0 atom stereocenters. The summed E-state index contributed by atoms with van der Waals surface area (Å²) in [5.74, 6) is 0.0378. The number of nitrogens with zero attached hydrogens (tertiary/aromatic N) is 1. The van der Waals surface area contributed by atoms with Gasteiger partial charge in [0, 0.05) is 22.4 Å². The van der Waals surface area contributed by atoms with Crippen LogP contribution in [0.2, 0.25) is 0 Å². The van der Waals surface area contributed by atoms with Crippen LogP contribution in [0.5, 0.6) is 11.5 Å². The van der Waals surface area contributed by atoms with Crippen LogP contribution in [0.15, 0.2) is 103 Å². The SMILES string of the molecule is O=C1OCc2ccc(N3c4ccc(F)cc4C4(c5ccccc5Oc5ccccc54)c4cc(F)ccc43)cc21. The zero-order valence-corrected chi connectivity index (χ0v) is 20.4. The van der Waals surface area contributed by atoms with Gasteiger partial charge in [-0.2, -0.15) is 0 Å². The average Bonchev–Trinajstić information content (AvgIpc) is 3.33. The van der Waals surface area contributed by atoms with Gasteiger partial charge in [-0.25, -0.2) is 13.6 Å². The summed E-state index contributed by atoms with van der Waals surface area (Å²) in [6.45, 7) is 0.231. The molecule has 4 nitrogen and oxygen atoms in total. The van der Waals surface area contributed by atoms with Gasteiger partial charge in [-0.15, -0.1) is 0 Å². The van der Waals surface area contributed by atoms with Crippen LogP contribution < -0.4 is 9.64 Å². The van der Waals surface area contributed by atoms with Crippen LogP contribution in [0.1, 0.15) is 38.2 Å². The first-order chi connectivity index (χ1) is 19.1. The minimum atomic E-state index is -1.06. The monoisotopic (exact) mass is 515 g/mol. The number of cyclic esters (lactones) is 1. The molecule has 6 heteroatoms. The predicted octanol–water partition coefficient (Wildman–Crippen LogP) is 7.91.